The molecule has 1 saturated carbocycles. The van der Waals surface area contributed by atoms with E-state index >= 15 is 0 Å². The van der Waals surface area contributed by atoms with E-state index in [4.69, 9.17) is 10.00 Å². The number of para-hydroxylation sites is 1. The van der Waals surface area contributed by atoms with Crippen LogP contribution in [0.15, 0.2) is 54.6 Å². The topological polar surface area (TPSA) is 62.1 Å². The number of nitrogens with zero attached hydrogens (tertiary/aromatic N) is 1. The Hall–Kier alpha value is -2.80. The standard InChI is InChI=1S/C21H22N2O2/c22-15-17-6-10-18(11-7-17)23-21(24)14-16-8-12-20(13-9-16)25-19-4-2-1-3-5-19/h1-7,10-11,16,20H,8-9,12-14H2,(H,23,24). The first kappa shape index (κ1) is 17.0. The highest BCUT2D eigenvalue weighted by atomic mass is 16.5. The second-order valence-electron chi connectivity index (χ2n) is 6.52. The number of hydrogen-bond acceptors (Lipinski definition) is 3. The van der Waals surface area contributed by atoms with Gasteiger partial charge in [0.2, 0.25) is 5.91 Å². The first-order valence-electron chi connectivity index (χ1n) is 8.74. The van der Waals surface area contributed by atoms with Gasteiger partial charge < -0.3 is 10.1 Å². The predicted molar refractivity (Wildman–Crippen MR) is 97.2 cm³/mol. The van der Waals surface area contributed by atoms with E-state index in [0.29, 0.717) is 17.9 Å². The van der Waals surface area contributed by atoms with Gasteiger partial charge in [-0.3, -0.25) is 4.79 Å². The number of nitriles is 1. The maximum absolute atomic E-state index is 12.2. The monoisotopic (exact) mass is 334 g/mol. The van der Waals surface area contributed by atoms with E-state index in [1.807, 2.05) is 30.3 Å². The van der Waals surface area contributed by atoms with E-state index in [0.717, 1.165) is 37.1 Å². The van der Waals surface area contributed by atoms with Crippen LogP contribution in [-0.2, 0) is 4.79 Å². The Bertz CT molecular complexity index is 727. The summed E-state index contributed by atoms with van der Waals surface area (Å²) in [4.78, 5) is 12.2. The molecule has 0 saturated heterocycles. The molecule has 25 heavy (non-hydrogen) atoms. The molecule has 0 aromatic heterocycles. The molecular formula is C21H22N2O2. The Labute approximate surface area is 148 Å². The molecule has 4 nitrogen and oxygen atoms in total. The molecule has 0 spiro atoms. The molecule has 0 bridgehead atoms. The number of nitrogens with one attached hydrogen (secondary N) is 1. The molecule has 0 aliphatic heterocycles. The molecule has 128 valence electrons. The van der Waals surface area contributed by atoms with Crippen molar-refractivity contribution in [3.05, 3.63) is 60.2 Å². The average Bonchev–Trinajstić information content (AvgIpc) is 2.65. The zero-order valence-corrected chi connectivity index (χ0v) is 14.2. The molecule has 0 radical (unpaired) electrons. The van der Waals surface area contributed by atoms with Crippen LogP contribution in [0.25, 0.3) is 0 Å². The fourth-order valence-corrected chi connectivity index (χ4v) is 3.25. The largest absolute Gasteiger partial charge is 0.490 e. The molecule has 2 aromatic carbocycles. The predicted octanol–water partition coefficient (Wildman–Crippen LogP) is 4.52. The number of anilines is 1. The summed E-state index contributed by atoms with van der Waals surface area (Å²) in [6, 6.07) is 18.9. The smallest absolute Gasteiger partial charge is 0.224 e. The van der Waals surface area contributed by atoms with Gasteiger partial charge in [0.15, 0.2) is 0 Å². The molecule has 1 N–H and O–H groups in total. The van der Waals surface area contributed by atoms with Crippen LogP contribution in [-0.4, -0.2) is 12.0 Å². The Kier molecular flexibility index (Phi) is 5.69. The van der Waals surface area contributed by atoms with Crippen molar-refractivity contribution in [3.63, 3.8) is 0 Å². The van der Waals surface area contributed by atoms with Crippen LogP contribution in [0.1, 0.15) is 37.7 Å². The quantitative estimate of drug-likeness (QED) is 0.874. The minimum Gasteiger partial charge on any atom is -0.490 e. The van der Waals surface area contributed by atoms with Gasteiger partial charge in [0.05, 0.1) is 17.7 Å². The number of ether oxygens (including phenoxy) is 1. The summed E-state index contributed by atoms with van der Waals surface area (Å²) in [6.07, 6.45) is 4.79. The van der Waals surface area contributed by atoms with Gasteiger partial charge in [0.25, 0.3) is 0 Å². The maximum Gasteiger partial charge on any atom is 0.224 e. The summed E-state index contributed by atoms with van der Waals surface area (Å²) in [6.45, 7) is 0. The summed E-state index contributed by atoms with van der Waals surface area (Å²) < 4.78 is 6.00. The fourth-order valence-electron chi connectivity index (χ4n) is 3.25. The highest BCUT2D eigenvalue weighted by Crippen LogP contribution is 2.29. The number of rotatable bonds is 5. The van der Waals surface area contributed by atoms with Crippen LogP contribution in [0.2, 0.25) is 0 Å². The van der Waals surface area contributed by atoms with Crippen molar-refractivity contribution in [1.82, 2.24) is 0 Å². The van der Waals surface area contributed by atoms with Gasteiger partial charge in [-0.15, -0.1) is 0 Å². The van der Waals surface area contributed by atoms with Gasteiger partial charge in [-0.25, -0.2) is 0 Å². The van der Waals surface area contributed by atoms with Gasteiger partial charge in [-0.1, -0.05) is 18.2 Å². The van der Waals surface area contributed by atoms with Crippen molar-refractivity contribution >= 4 is 11.6 Å². The molecule has 1 aliphatic carbocycles. The van der Waals surface area contributed by atoms with Crippen molar-refractivity contribution in [2.45, 2.75) is 38.2 Å². The van der Waals surface area contributed by atoms with Crippen LogP contribution in [0.5, 0.6) is 5.75 Å². The number of amides is 1. The molecular weight excluding hydrogens is 312 g/mol. The first-order valence-corrected chi connectivity index (χ1v) is 8.74. The summed E-state index contributed by atoms with van der Waals surface area (Å²) in [5, 5.41) is 11.7. The summed E-state index contributed by atoms with van der Waals surface area (Å²) in [5.74, 6) is 1.37. The summed E-state index contributed by atoms with van der Waals surface area (Å²) in [7, 11) is 0. The number of carbonyl (C=O) groups is 1. The lowest BCUT2D eigenvalue weighted by molar-refractivity contribution is -0.117. The van der Waals surface area contributed by atoms with Gasteiger partial charge in [0.1, 0.15) is 5.75 Å². The number of carbonyl (C=O) groups excluding carboxylic acids is 1. The fraction of sp³-hybridized carbons (Fsp3) is 0.333. The Morgan fingerprint density at radius 3 is 2.36 bits per heavy atom. The van der Waals surface area contributed by atoms with Gasteiger partial charge in [0, 0.05) is 12.1 Å². The van der Waals surface area contributed by atoms with Crippen LogP contribution in [0, 0.1) is 17.2 Å². The molecule has 0 atom stereocenters. The number of hydrogen-bond donors (Lipinski definition) is 1. The van der Waals surface area contributed by atoms with Crippen molar-refractivity contribution in [1.29, 1.82) is 5.26 Å². The molecule has 0 heterocycles. The van der Waals surface area contributed by atoms with Crippen LogP contribution < -0.4 is 10.1 Å². The van der Waals surface area contributed by atoms with E-state index in [9.17, 15) is 4.79 Å². The third kappa shape index (κ3) is 5.09. The Morgan fingerprint density at radius 2 is 1.72 bits per heavy atom. The Balaban J connectivity index is 1.42. The van der Waals surface area contributed by atoms with E-state index in [-0.39, 0.29) is 12.0 Å². The third-order valence-corrected chi connectivity index (χ3v) is 4.61. The highest BCUT2D eigenvalue weighted by molar-refractivity contribution is 5.90. The first-order chi connectivity index (χ1) is 12.2. The highest BCUT2D eigenvalue weighted by Gasteiger charge is 2.24. The molecule has 2 aromatic rings. The lowest BCUT2D eigenvalue weighted by Gasteiger charge is -2.28. The molecule has 0 unspecified atom stereocenters. The Morgan fingerprint density at radius 1 is 1.04 bits per heavy atom. The van der Waals surface area contributed by atoms with Crippen LogP contribution >= 0.6 is 0 Å². The van der Waals surface area contributed by atoms with E-state index in [2.05, 4.69) is 11.4 Å². The van der Waals surface area contributed by atoms with Crippen LogP contribution in [0.3, 0.4) is 0 Å². The SMILES string of the molecule is N#Cc1ccc(NC(=O)CC2CCC(Oc3ccccc3)CC2)cc1. The lowest BCUT2D eigenvalue weighted by Crippen LogP contribution is -2.26. The summed E-state index contributed by atoms with van der Waals surface area (Å²) in [5.41, 5.74) is 1.33. The molecule has 1 fully saturated rings. The van der Waals surface area contributed by atoms with Crippen molar-refractivity contribution in [2.75, 3.05) is 5.32 Å². The lowest BCUT2D eigenvalue weighted by atomic mass is 9.85. The zero-order valence-electron chi connectivity index (χ0n) is 14.2. The molecule has 1 aliphatic rings. The van der Waals surface area contributed by atoms with Gasteiger partial charge in [-0.2, -0.15) is 5.26 Å². The zero-order chi connectivity index (χ0) is 17.5. The maximum atomic E-state index is 12.2. The molecule has 4 heteroatoms. The second-order valence-corrected chi connectivity index (χ2v) is 6.52. The minimum absolute atomic E-state index is 0.0390. The van der Waals surface area contributed by atoms with Crippen LogP contribution in [0.4, 0.5) is 5.69 Å². The normalized spacial score (nSPS) is 19.6. The van der Waals surface area contributed by atoms with E-state index in [1.54, 1.807) is 24.3 Å². The van der Waals surface area contributed by atoms with E-state index < -0.39 is 0 Å². The second kappa shape index (κ2) is 8.34. The van der Waals surface area contributed by atoms with E-state index in [1.165, 1.54) is 0 Å². The third-order valence-electron chi connectivity index (χ3n) is 4.61. The van der Waals surface area contributed by atoms with Crippen molar-refractivity contribution in [3.8, 4) is 11.8 Å². The molecule has 1 amide bonds. The average molecular weight is 334 g/mol. The molecule has 3 rings (SSSR count). The van der Waals surface area contributed by atoms with Gasteiger partial charge >= 0.3 is 0 Å². The van der Waals surface area contributed by atoms with Crippen molar-refractivity contribution in [2.24, 2.45) is 5.92 Å². The van der Waals surface area contributed by atoms with Gasteiger partial charge in [-0.05, 0) is 68.0 Å². The minimum atomic E-state index is 0.0390. The van der Waals surface area contributed by atoms with Crippen molar-refractivity contribution < 1.29 is 9.53 Å². The summed E-state index contributed by atoms with van der Waals surface area (Å²) >= 11 is 0. The number of benzene rings is 2.